The summed E-state index contributed by atoms with van der Waals surface area (Å²) in [5, 5.41) is 1.76. The average molecular weight is 210 g/mol. The van der Waals surface area contributed by atoms with Gasteiger partial charge in [-0.25, -0.2) is 4.79 Å². The molecule has 1 heterocycles. The number of carbonyl (C=O) groups is 1. The Hall–Kier alpha value is -1.47. The molecule has 0 saturated carbocycles. The molecule has 1 aromatic rings. The van der Waals surface area contributed by atoms with Crippen LogP contribution in [0.3, 0.4) is 0 Å². The van der Waals surface area contributed by atoms with Crippen molar-refractivity contribution in [3.63, 3.8) is 0 Å². The van der Waals surface area contributed by atoms with Crippen molar-refractivity contribution < 1.29 is 14.3 Å². The topological polar surface area (TPSA) is 35.5 Å². The first-order valence-electron chi connectivity index (χ1n) is 3.97. The number of hydrogen-bond donors (Lipinski definition) is 0. The van der Waals surface area contributed by atoms with Gasteiger partial charge in [0, 0.05) is 0 Å². The highest BCUT2D eigenvalue weighted by Gasteiger charge is 2.16. The molecule has 0 bridgehead atoms. The van der Waals surface area contributed by atoms with Gasteiger partial charge in [0.25, 0.3) is 0 Å². The van der Waals surface area contributed by atoms with Crippen molar-refractivity contribution in [3.8, 4) is 18.1 Å². The molecule has 0 aromatic carbocycles. The molecule has 0 unspecified atom stereocenters. The third kappa shape index (κ3) is 2.27. The molecule has 0 aliphatic carbocycles. The standard InChI is InChI=1S/C10H10O3S/c1-4-7(2)13-10(11)9-8(12-3)5-6-14-9/h1,5-7H,2-3H3/t7-/m0/s1. The molecule has 0 N–H and O–H groups in total. The van der Waals surface area contributed by atoms with Gasteiger partial charge in [-0.1, -0.05) is 5.92 Å². The third-order valence-electron chi connectivity index (χ3n) is 1.55. The molecule has 4 heteroatoms. The Morgan fingerprint density at radius 2 is 2.43 bits per heavy atom. The average Bonchev–Trinajstić information content (AvgIpc) is 2.65. The lowest BCUT2D eigenvalue weighted by molar-refractivity contribution is 0.0441. The van der Waals surface area contributed by atoms with Crippen molar-refractivity contribution in [3.05, 3.63) is 16.3 Å². The number of methoxy groups -OCH3 is 1. The van der Waals surface area contributed by atoms with Gasteiger partial charge in [-0.15, -0.1) is 17.8 Å². The van der Waals surface area contributed by atoms with Crippen LogP contribution in [0.4, 0.5) is 0 Å². The van der Waals surface area contributed by atoms with Crippen LogP contribution in [0.2, 0.25) is 0 Å². The number of esters is 1. The predicted molar refractivity (Wildman–Crippen MR) is 54.6 cm³/mol. The Morgan fingerprint density at radius 3 is 3.00 bits per heavy atom. The van der Waals surface area contributed by atoms with E-state index in [-0.39, 0.29) is 0 Å². The van der Waals surface area contributed by atoms with E-state index in [4.69, 9.17) is 15.9 Å². The van der Waals surface area contributed by atoms with Crippen LogP contribution < -0.4 is 4.74 Å². The number of hydrogen-bond acceptors (Lipinski definition) is 4. The Balaban J connectivity index is 2.75. The maximum absolute atomic E-state index is 11.5. The predicted octanol–water partition coefficient (Wildman–Crippen LogP) is 1.94. The summed E-state index contributed by atoms with van der Waals surface area (Å²) in [5.41, 5.74) is 0. The zero-order valence-electron chi connectivity index (χ0n) is 7.94. The lowest BCUT2D eigenvalue weighted by Gasteiger charge is -2.06. The molecule has 0 aliphatic rings. The molecule has 1 rings (SSSR count). The van der Waals surface area contributed by atoms with Crippen molar-refractivity contribution >= 4 is 17.3 Å². The van der Waals surface area contributed by atoms with Gasteiger partial charge in [0.05, 0.1) is 7.11 Å². The van der Waals surface area contributed by atoms with Crippen LogP contribution in [0, 0.1) is 12.3 Å². The smallest absolute Gasteiger partial charge is 0.353 e. The SMILES string of the molecule is C#C[C@H](C)OC(=O)c1sccc1OC. The molecule has 3 nitrogen and oxygen atoms in total. The molecule has 1 aromatic heterocycles. The molecular formula is C10H10O3S. The summed E-state index contributed by atoms with van der Waals surface area (Å²) in [5.74, 6) is 2.39. The van der Waals surface area contributed by atoms with Gasteiger partial charge >= 0.3 is 5.97 Å². The number of ether oxygens (including phenoxy) is 2. The van der Waals surface area contributed by atoms with Crippen LogP contribution in [0.15, 0.2) is 11.4 Å². The first kappa shape index (κ1) is 10.6. The van der Waals surface area contributed by atoms with Crippen LogP contribution in [-0.2, 0) is 4.74 Å². The van der Waals surface area contributed by atoms with E-state index in [1.54, 1.807) is 18.4 Å². The minimum Gasteiger partial charge on any atom is -0.495 e. The fourth-order valence-electron chi connectivity index (χ4n) is 0.855. The van der Waals surface area contributed by atoms with Crippen LogP contribution >= 0.6 is 11.3 Å². The third-order valence-corrected chi connectivity index (χ3v) is 2.43. The first-order valence-corrected chi connectivity index (χ1v) is 4.85. The van der Waals surface area contributed by atoms with Crippen LogP contribution in [-0.4, -0.2) is 19.2 Å². The largest absolute Gasteiger partial charge is 0.495 e. The van der Waals surface area contributed by atoms with Crippen LogP contribution in [0.25, 0.3) is 0 Å². The van der Waals surface area contributed by atoms with Gasteiger partial charge in [-0.2, -0.15) is 0 Å². The molecule has 0 saturated heterocycles. The van der Waals surface area contributed by atoms with Crippen molar-refractivity contribution in [2.75, 3.05) is 7.11 Å². The molecule has 0 aliphatic heterocycles. The second-order valence-electron chi connectivity index (χ2n) is 2.53. The Morgan fingerprint density at radius 1 is 1.71 bits per heavy atom. The summed E-state index contributed by atoms with van der Waals surface area (Å²) in [7, 11) is 1.50. The second kappa shape index (κ2) is 4.68. The van der Waals surface area contributed by atoms with E-state index in [0.717, 1.165) is 0 Å². The highest BCUT2D eigenvalue weighted by molar-refractivity contribution is 7.12. The summed E-state index contributed by atoms with van der Waals surface area (Å²) in [4.78, 5) is 11.9. The van der Waals surface area contributed by atoms with E-state index in [9.17, 15) is 4.79 Å². The minimum atomic E-state index is -0.519. The van der Waals surface area contributed by atoms with Gasteiger partial charge in [0.2, 0.25) is 0 Å². The lowest BCUT2D eigenvalue weighted by Crippen LogP contribution is -2.12. The number of thiophene rings is 1. The van der Waals surface area contributed by atoms with E-state index in [1.807, 2.05) is 0 Å². The van der Waals surface area contributed by atoms with E-state index in [1.165, 1.54) is 18.4 Å². The molecule has 74 valence electrons. The number of rotatable bonds is 3. The normalized spacial score (nSPS) is 11.5. The van der Waals surface area contributed by atoms with Crippen molar-refractivity contribution in [2.45, 2.75) is 13.0 Å². The zero-order chi connectivity index (χ0) is 10.6. The van der Waals surface area contributed by atoms with Gasteiger partial charge in [0.1, 0.15) is 5.75 Å². The summed E-state index contributed by atoms with van der Waals surface area (Å²) in [6, 6.07) is 1.71. The minimum absolute atomic E-state index is 0.439. The molecule has 0 radical (unpaired) electrons. The second-order valence-corrected chi connectivity index (χ2v) is 3.45. The Bertz CT molecular complexity index is 362. The number of carbonyl (C=O) groups excluding carboxylic acids is 1. The van der Waals surface area contributed by atoms with Gasteiger partial charge in [-0.05, 0) is 18.4 Å². The van der Waals surface area contributed by atoms with Crippen molar-refractivity contribution in [1.82, 2.24) is 0 Å². The molecule has 0 spiro atoms. The zero-order valence-corrected chi connectivity index (χ0v) is 8.76. The number of terminal acetylenes is 1. The maximum atomic E-state index is 11.5. The monoisotopic (exact) mass is 210 g/mol. The van der Waals surface area contributed by atoms with E-state index >= 15 is 0 Å². The molecule has 0 fully saturated rings. The molecule has 14 heavy (non-hydrogen) atoms. The maximum Gasteiger partial charge on any atom is 0.353 e. The summed E-state index contributed by atoms with van der Waals surface area (Å²) in [6.45, 7) is 1.64. The van der Waals surface area contributed by atoms with Gasteiger partial charge in [0.15, 0.2) is 11.0 Å². The quantitative estimate of drug-likeness (QED) is 0.565. The first-order chi connectivity index (χ1) is 6.69. The summed E-state index contributed by atoms with van der Waals surface area (Å²) < 4.78 is 9.92. The molecule has 0 amide bonds. The van der Waals surface area contributed by atoms with Crippen molar-refractivity contribution in [1.29, 1.82) is 0 Å². The Kier molecular flexibility index (Phi) is 3.55. The molecular weight excluding hydrogens is 200 g/mol. The van der Waals surface area contributed by atoms with E-state index in [2.05, 4.69) is 5.92 Å². The fourth-order valence-corrected chi connectivity index (χ4v) is 1.59. The lowest BCUT2D eigenvalue weighted by atomic mass is 10.4. The van der Waals surface area contributed by atoms with Gasteiger partial charge in [-0.3, -0.25) is 0 Å². The van der Waals surface area contributed by atoms with E-state index in [0.29, 0.717) is 10.6 Å². The molecule has 1 atom stereocenters. The fraction of sp³-hybridized carbons (Fsp3) is 0.300. The van der Waals surface area contributed by atoms with Crippen molar-refractivity contribution in [2.24, 2.45) is 0 Å². The van der Waals surface area contributed by atoms with Crippen LogP contribution in [0.5, 0.6) is 5.75 Å². The Labute approximate surface area is 86.6 Å². The summed E-state index contributed by atoms with van der Waals surface area (Å²) >= 11 is 1.27. The highest BCUT2D eigenvalue weighted by atomic mass is 32.1. The summed E-state index contributed by atoms with van der Waals surface area (Å²) in [6.07, 6.45) is 4.57. The van der Waals surface area contributed by atoms with E-state index < -0.39 is 12.1 Å². The highest BCUT2D eigenvalue weighted by Crippen LogP contribution is 2.25. The van der Waals surface area contributed by atoms with Crippen LogP contribution in [0.1, 0.15) is 16.6 Å². The van der Waals surface area contributed by atoms with Gasteiger partial charge < -0.3 is 9.47 Å².